The predicted octanol–water partition coefficient (Wildman–Crippen LogP) is 3.68. The van der Waals surface area contributed by atoms with Crippen LogP contribution in [-0.4, -0.2) is 42.5 Å². The smallest absolute Gasteiger partial charge is 0.291 e. The molecule has 4 rings (SSSR count). The standard InChI is InChI=1S/C25H25N3O5S/c1-5-12-33-19-10-7-17(14-21(19)32-4)15-22-24(29)28-25(34-22)26-23(27-28)11-8-16-6-9-18(30-2)20(13-16)31-3/h6-11,13-15H,5,12H2,1-4H3/b11-8+,22-15-. The maximum atomic E-state index is 12.9. The van der Waals surface area contributed by atoms with Crippen molar-refractivity contribution in [3.8, 4) is 23.0 Å². The van der Waals surface area contributed by atoms with Crippen molar-refractivity contribution >= 4 is 34.5 Å². The van der Waals surface area contributed by atoms with E-state index in [9.17, 15) is 4.79 Å². The molecule has 0 fully saturated rings. The van der Waals surface area contributed by atoms with Crippen molar-refractivity contribution in [2.45, 2.75) is 13.3 Å². The number of fused-ring (bicyclic) bond motifs is 1. The first-order chi connectivity index (χ1) is 16.6. The first-order valence-electron chi connectivity index (χ1n) is 10.7. The fraction of sp³-hybridized carbons (Fsp3) is 0.240. The van der Waals surface area contributed by atoms with Crippen molar-refractivity contribution in [2.24, 2.45) is 0 Å². The van der Waals surface area contributed by atoms with E-state index in [-0.39, 0.29) is 5.56 Å². The molecule has 0 N–H and O–H groups in total. The maximum absolute atomic E-state index is 12.9. The minimum Gasteiger partial charge on any atom is -0.493 e. The van der Waals surface area contributed by atoms with Crippen molar-refractivity contribution < 1.29 is 18.9 Å². The number of aromatic nitrogens is 3. The van der Waals surface area contributed by atoms with Gasteiger partial charge in [0.2, 0.25) is 4.96 Å². The van der Waals surface area contributed by atoms with Crippen LogP contribution in [0, 0.1) is 0 Å². The summed E-state index contributed by atoms with van der Waals surface area (Å²) in [4.78, 5) is 17.9. The van der Waals surface area contributed by atoms with E-state index in [1.54, 1.807) is 33.5 Å². The molecule has 0 amide bonds. The lowest BCUT2D eigenvalue weighted by Crippen LogP contribution is -2.23. The molecule has 0 aliphatic carbocycles. The Balaban J connectivity index is 1.60. The summed E-state index contributed by atoms with van der Waals surface area (Å²) in [5.74, 6) is 3.03. The largest absolute Gasteiger partial charge is 0.493 e. The minimum atomic E-state index is -0.219. The van der Waals surface area contributed by atoms with Crippen molar-refractivity contribution in [2.75, 3.05) is 27.9 Å². The average Bonchev–Trinajstić information content (AvgIpc) is 3.39. The average molecular weight is 480 g/mol. The molecule has 0 aliphatic rings. The number of thiazole rings is 1. The normalized spacial score (nSPS) is 11.9. The summed E-state index contributed by atoms with van der Waals surface area (Å²) in [7, 11) is 4.78. The molecule has 0 saturated heterocycles. The molecule has 0 aliphatic heterocycles. The summed E-state index contributed by atoms with van der Waals surface area (Å²) >= 11 is 1.28. The molecule has 0 unspecified atom stereocenters. The third kappa shape index (κ3) is 4.89. The van der Waals surface area contributed by atoms with Gasteiger partial charge in [-0.05, 0) is 54.0 Å². The lowest BCUT2D eigenvalue weighted by Gasteiger charge is -2.10. The topological polar surface area (TPSA) is 84.2 Å². The van der Waals surface area contributed by atoms with Crippen molar-refractivity contribution in [1.29, 1.82) is 0 Å². The number of benzene rings is 2. The molecular weight excluding hydrogens is 454 g/mol. The van der Waals surface area contributed by atoms with E-state index in [1.807, 2.05) is 49.4 Å². The Morgan fingerprint density at radius 1 is 0.912 bits per heavy atom. The van der Waals surface area contributed by atoms with Crippen molar-refractivity contribution in [3.63, 3.8) is 0 Å². The first-order valence-corrected chi connectivity index (χ1v) is 11.5. The number of rotatable bonds is 9. The van der Waals surface area contributed by atoms with Crippen LogP contribution >= 0.6 is 11.3 Å². The Hall–Kier alpha value is -3.85. The van der Waals surface area contributed by atoms with Crippen LogP contribution < -0.4 is 29.0 Å². The van der Waals surface area contributed by atoms with Gasteiger partial charge in [-0.3, -0.25) is 4.79 Å². The number of methoxy groups -OCH3 is 3. The van der Waals surface area contributed by atoms with Crippen molar-refractivity contribution in [3.05, 3.63) is 68.2 Å². The van der Waals surface area contributed by atoms with Crippen LogP contribution in [0.4, 0.5) is 0 Å². The zero-order valence-corrected chi connectivity index (χ0v) is 20.2. The van der Waals surface area contributed by atoms with Gasteiger partial charge in [-0.2, -0.15) is 9.50 Å². The zero-order chi connectivity index (χ0) is 24.1. The molecule has 0 saturated carbocycles. The Morgan fingerprint density at radius 3 is 2.29 bits per heavy atom. The summed E-state index contributed by atoms with van der Waals surface area (Å²) in [6, 6.07) is 11.2. The second-order valence-electron chi connectivity index (χ2n) is 7.29. The van der Waals surface area contributed by atoms with Gasteiger partial charge in [-0.25, -0.2) is 0 Å². The molecule has 2 heterocycles. The number of hydrogen-bond donors (Lipinski definition) is 0. The van der Waals surface area contributed by atoms with Crippen molar-refractivity contribution in [1.82, 2.24) is 14.6 Å². The maximum Gasteiger partial charge on any atom is 0.291 e. The molecule has 0 spiro atoms. The summed E-state index contributed by atoms with van der Waals surface area (Å²) < 4.78 is 23.6. The van der Waals surface area contributed by atoms with Gasteiger partial charge in [0, 0.05) is 0 Å². The monoisotopic (exact) mass is 479 g/mol. The Kier molecular flexibility index (Phi) is 7.12. The molecule has 2 aromatic carbocycles. The Morgan fingerprint density at radius 2 is 1.59 bits per heavy atom. The van der Waals surface area contributed by atoms with Gasteiger partial charge in [0.15, 0.2) is 28.8 Å². The van der Waals surface area contributed by atoms with Gasteiger partial charge in [-0.1, -0.05) is 36.5 Å². The molecule has 0 radical (unpaired) electrons. The summed E-state index contributed by atoms with van der Waals surface area (Å²) in [6.07, 6.45) is 6.32. The van der Waals surface area contributed by atoms with Crippen LogP contribution in [0.3, 0.4) is 0 Å². The van der Waals surface area contributed by atoms with Crippen LogP contribution in [-0.2, 0) is 0 Å². The lowest BCUT2D eigenvalue weighted by atomic mass is 10.2. The first kappa shape index (κ1) is 23.3. The van der Waals surface area contributed by atoms with Gasteiger partial charge < -0.3 is 18.9 Å². The fourth-order valence-electron chi connectivity index (χ4n) is 3.30. The minimum absolute atomic E-state index is 0.219. The Labute approximate surface area is 200 Å². The molecule has 2 aromatic heterocycles. The Bertz CT molecular complexity index is 1440. The zero-order valence-electron chi connectivity index (χ0n) is 19.4. The molecule has 176 valence electrons. The second kappa shape index (κ2) is 10.4. The third-order valence-electron chi connectivity index (χ3n) is 4.98. The van der Waals surface area contributed by atoms with E-state index < -0.39 is 0 Å². The van der Waals surface area contributed by atoms with E-state index in [2.05, 4.69) is 10.1 Å². The van der Waals surface area contributed by atoms with Gasteiger partial charge in [0.25, 0.3) is 5.56 Å². The van der Waals surface area contributed by atoms with Gasteiger partial charge in [-0.15, -0.1) is 5.10 Å². The van der Waals surface area contributed by atoms with E-state index in [1.165, 1.54) is 15.9 Å². The highest BCUT2D eigenvalue weighted by molar-refractivity contribution is 7.15. The van der Waals surface area contributed by atoms with Crippen LogP contribution in [0.15, 0.2) is 41.2 Å². The van der Waals surface area contributed by atoms with Gasteiger partial charge >= 0.3 is 0 Å². The number of nitrogens with zero attached hydrogens (tertiary/aromatic N) is 3. The number of ether oxygens (including phenoxy) is 4. The predicted molar refractivity (Wildman–Crippen MR) is 133 cm³/mol. The molecule has 4 aromatic rings. The lowest BCUT2D eigenvalue weighted by molar-refractivity contribution is 0.294. The molecule has 9 heteroatoms. The molecule has 8 nitrogen and oxygen atoms in total. The molecule has 0 atom stereocenters. The van der Waals surface area contributed by atoms with E-state index in [0.717, 1.165) is 17.5 Å². The highest BCUT2D eigenvalue weighted by Crippen LogP contribution is 2.29. The molecule has 0 bridgehead atoms. The highest BCUT2D eigenvalue weighted by atomic mass is 32.1. The summed E-state index contributed by atoms with van der Waals surface area (Å²) in [5.41, 5.74) is 1.51. The third-order valence-corrected chi connectivity index (χ3v) is 5.94. The van der Waals surface area contributed by atoms with Gasteiger partial charge in [0.1, 0.15) is 0 Å². The van der Waals surface area contributed by atoms with Crippen LogP contribution in [0.1, 0.15) is 30.3 Å². The SMILES string of the molecule is CCCOc1ccc(/C=c2\sc3nc(/C=C/c4ccc(OC)c(OC)c4)nn3c2=O)cc1OC. The molecule has 34 heavy (non-hydrogen) atoms. The summed E-state index contributed by atoms with van der Waals surface area (Å²) in [6.45, 7) is 2.66. The second-order valence-corrected chi connectivity index (χ2v) is 8.30. The van der Waals surface area contributed by atoms with Crippen LogP contribution in [0.5, 0.6) is 23.0 Å². The summed E-state index contributed by atoms with van der Waals surface area (Å²) in [5, 5.41) is 4.34. The molecular formula is C25H25N3O5S. The number of hydrogen-bond acceptors (Lipinski definition) is 8. The van der Waals surface area contributed by atoms with E-state index in [4.69, 9.17) is 18.9 Å². The van der Waals surface area contributed by atoms with E-state index >= 15 is 0 Å². The van der Waals surface area contributed by atoms with Crippen LogP contribution in [0.25, 0.3) is 23.2 Å². The quantitative estimate of drug-likeness (QED) is 0.362. The van der Waals surface area contributed by atoms with Gasteiger partial charge in [0.05, 0.1) is 32.5 Å². The van der Waals surface area contributed by atoms with E-state index in [0.29, 0.717) is 44.9 Å². The van der Waals surface area contributed by atoms with Crippen LogP contribution in [0.2, 0.25) is 0 Å². The fourth-order valence-corrected chi connectivity index (χ4v) is 4.22. The highest BCUT2D eigenvalue weighted by Gasteiger charge is 2.10.